The molecule has 3 heterocycles. The van der Waals surface area contributed by atoms with Crippen LogP contribution in [0.15, 0.2) is 36.0 Å². The fraction of sp³-hybridized carbons (Fsp3) is 0.389. The summed E-state index contributed by atoms with van der Waals surface area (Å²) in [5.74, 6) is 0.416. The number of thiophene rings is 1. The molecule has 1 saturated carbocycles. The Morgan fingerprint density at radius 3 is 2.83 bits per heavy atom. The van der Waals surface area contributed by atoms with Gasteiger partial charge in [-0.3, -0.25) is 14.6 Å². The molecule has 2 aliphatic rings. The third-order valence-corrected chi connectivity index (χ3v) is 6.10. The molecule has 3 unspecified atom stereocenters. The third-order valence-electron chi connectivity index (χ3n) is 5.10. The average molecular weight is 341 g/mol. The SMILES string of the molecule is Cc1ccsc1C(=O)N1CC2CC1CC2NC(=O)c1cccnc1. The zero-order chi connectivity index (χ0) is 16.7. The number of pyridine rings is 1. The summed E-state index contributed by atoms with van der Waals surface area (Å²) < 4.78 is 0. The van der Waals surface area contributed by atoms with Crippen LogP contribution in [0.2, 0.25) is 0 Å². The van der Waals surface area contributed by atoms with Crippen LogP contribution in [-0.2, 0) is 0 Å². The Morgan fingerprint density at radius 1 is 1.33 bits per heavy atom. The summed E-state index contributed by atoms with van der Waals surface area (Å²) in [5.41, 5.74) is 1.64. The lowest BCUT2D eigenvalue weighted by Gasteiger charge is -2.32. The molecule has 2 aromatic heterocycles. The highest BCUT2D eigenvalue weighted by Gasteiger charge is 2.47. The monoisotopic (exact) mass is 341 g/mol. The number of piperidine rings is 1. The quantitative estimate of drug-likeness (QED) is 0.933. The minimum atomic E-state index is -0.0763. The van der Waals surface area contributed by atoms with Crippen molar-refractivity contribution in [3.8, 4) is 0 Å². The standard InChI is InChI=1S/C18H19N3O2S/c1-11-4-6-24-16(11)18(23)21-10-13-7-14(21)8-15(13)20-17(22)12-3-2-5-19-9-12/h2-6,9,13-15H,7-8,10H2,1H3,(H,20,22). The molecular weight excluding hydrogens is 322 g/mol. The molecule has 2 fully saturated rings. The molecule has 0 spiro atoms. The van der Waals surface area contributed by atoms with Gasteiger partial charge in [0, 0.05) is 31.0 Å². The largest absolute Gasteiger partial charge is 0.349 e. The molecule has 24 heavy (non-hydrogen) atoms. The number of rotatable bonds is 3. The second-order valence-electron chi connectivity index (χ2n) is 6.60. The van der Waals surface area contributed by atoms with Gasteiger partial charge in [-0.2, -0.15) is 0 Å². The van der Waals surface area contributed by atoms with Crippen molar-refractivity contribution < 1.29 is 9.59 Å². The number of amides is 2. The van der Waals surface area contributed by atoms with E-state index in [0.717, 1.165) is 29.8 Å². The first kappa shape index (κ1) is 15.3. The summed E-state index contributed by atoms with van der Waals surface area (Å²) in [5, 5.41) is 5.08. The molecule has 3 atom stereocenters. The van der Waals surface area contributed by atoms with Gasteiger partial charge in [0.2, 0.25) is 0 Å². The van der Waals surface area contributed by atoms with Crippen molar-refractivity contribution in [1.29, 1.82) is 0 Å². The Labute approximate surface area is 144 Å². The van der Waals surface area contributed by atoms with E-state index < -0.39 is 0 Å². The van der Waals surface area contributed by atoms with E-state index in [0.29, 0.717) is 11.5 Å². The van der Waals surface area contributed by atoms with Crippen LogP contribution in [0.25, 0.3) is 0 Å². The van der Waals surface area contributed by atoms with Crippen molar-refractivity contribution in [3.05, 3.63) is 52.0 Å². The van der Waals surface area contributed by atoms with Gasteiger partial charge in [0.15, 0.2) is 0 Å². The van der Waals surface area contributed by atoms with Gasteiger partial charge in [-0.05, 0) is 54.8 Å². The molecule has 0 aromatic carbocycles. The van der Waals surface area contributed by atoms with Crippen LogP contribution in [0.5, 0.6) is 0 Å². The predicted molar refractivity (Wildman–Crippen MR) is 92.1 cm³/mol. The Kier molecular flexibility index (Phi) is 3.84. The molecule has 5 nitrogen and oxygen atoms in total. The highest BCUT2D eigenvalue weighted by molar-refractivity contribution is 7.12. The second kappa shape index (κ2) is 6.02. The lowest BCUT2D eigenvalue weighted by atomic mass is 10.0. The van der Waals surface area contributed by atoms with Crippen molar-refractivity contribution in [2.45, 2.75) is 31.8 Å². The van der Waals surface area contributed by atoms with Crippen molar-refractivity contribution in [2.24, 2.45) is 5.92 Å². The summed E-state index contributed by atoms with van der Waals surface area (Å²) in [6, 6.07) is 5.91. The molecule has 0 radical (unpaired) electrons. The lowest BCUT2D eigenvalue weighted by Crippen LogP contribution is -2.47. The van der Waals surface area contributed by atoms with E-state index in [2.05, 4.69) is 10.3 Å². The molecule has 1 aliphatic carbocycles. The zero-order valence-electron chi connectivity index (χ0n) is 13.4. The van der Waals surface area contributed by atoms with Crippen LogP contribution < -0.4 is 5.32 Å². The first-order valence-electron chi connectivity index (χ1n) is 8.19. The van der Waals surface area contributed by atoms with Gasteiger partial charge in [-0.15, -0.1) is 11.3 Å². The summed E-state index contributed by atoms with van der Waals surface area (Å²) >= 11 is 1.51. The van der Waals surface area contributed by atoms with Crippen molar-refractivity contribution in [1.82, 2.24) is 15.2 Å². The number of carbonyl (C=O) groups excluding carboxylic acids is 2. The van der Waals surface area contributed by atoms with Gasteiger partial charge < -0.3 is 10.2 Å². The van der Waals surface area contributed by atoms with E-state index in [1.54, 1.807) is 24.5 Å². The Balaban J connectivity index is 1.41. The number of fused-ring (bicyclic) bond motifs is 2. The van der Waals surface area contributed by atoms with Crippen molar-refractivity contribution >= 4 is 23.2 Å². The van der Waals surface area contributed by atoms with Gasteiger partial charge in [0.05, 0.1) is 10.4 Å². The van der Waals surface area contributed by atoms with Gasteiger partial charge in [0.25, 0.3) is 11.8 Å². The molecule has 124 valence electrons. The summed E-state index contributed by atoms with van der Waals surface area (Å²) in [6.45, 7) is 2.72. The van der Waals surface area contributed by atoms with E-state index in [9.17, 15) is 9.59 Å². The average Bonchev–Trinajstić information content (AvgIpc) is 3.30. The smallest absolute Gasteiger partial charge is 0.264 e. The maximum atomic E-state index is 12.7. The maximum Gasteiger partial charge on any atom is 0.264 e. The maximum absolute atomic E-state index is 12.7. The van der Waals surface area contributed by atoms with Crippen molar-refractivity contribution in [3.63, 3.8) is 0 Å². The molecular formula is C18H19N3O2S. The number of likely N-dealkylation sites (tertiary alicyclic amines) is 1. The topological polar surface area (TPSA) is 62.3 Å². The van der Waals surface area contributed by atoms with Gasteiger partial charge in [-0.1, -0.05) is 0 Å². The van der Waals surface area contributed by atoms with E-state index in [1.165, 1.54) is 11.3 Å². The first-order chi connectivity index (χ1) is 11.6. The number of hydrogen-bond donors (Lipinski definition) is 1. The lowest BCUT2D eigenvalue weighted by molar-refractivity contribution is 0.0684. The van der Waals surface area contributed by atoms with Crippen LogP contribution in [0.1, 0.15) is 38.4 Å². The Morgan fingerprint density at radius 2 is 2.21 bits per heavy atom. The number of nitrogens with zero attached hydrogens (tertiary/aromatic N) is 2. The highest BCUT2D eigenvalue weighted by atomic mass is 32.1. The number of nitrogens with one attached hydrogen (secondary N) is 1. The Bertz CT molecular complexity index is 774. The molecule has 1 N–H and O–H groups in total. The van der Waals surface area contributed by atoms with Gasteiger partial charge in [0.1, 0.15) is 0 Å². The van der Waals surface area contributed by atoms with E-state index in [-0.39, 0.29) is 23.9 Å². The molecule has 2 amide bonds. The molecule has 6 heteroatoms. The zero-order valence-corrected chi connectivity index (χ0v) is 14.3. The molecule has 4 rings (SSSR count). The fourth-order valence-electron chi connectivity index (χ4n) is 3.85. The molecule has 2 aromatic rings. The summed E-state index contributed by atoms with van der Waals surface area (Å²) in [7, 11) is 0. The normalized spacial score (nSPS) is 25.0. The number of aryl methyl sites for hydroxylation is 1. The van der Waals surface area contributed by atoms with Crippen LogP contribution >= 0.6 is 11.3 Å². The van der Waals surface area contributed by atoms with Crippen LogP contribution in [-0.4, -0.2) is 40.3 Å². The van der Waals surface area contributed by atoms with Gasteiger partial charge >= 0.3 is 0 Å². The highest BCUT2D eigenvalue weighted by Crippen LogP contribution is 2.39. The summed E-state index contributed by atoms with van der Waals surface area (Å²) in [4.78, 5) is 31.8. The molecule has 2 bridgehead atoms. The molecule has 1 saturated heterocycles. The number of hydrogen-bond acceptors (Lipinski definition) is 4. The fourth-order valence-corrected chi connectivity index (χ4v) is 4.73. The minimum Gasteiger partial charge on any atom is -0.349 e. The minimum absolute atomic E-state index is 0.0763. The van der Waals surface area contributed by atoms with Crippen molar-refractivity contribution in [2.75, 3.05) is 6.54 Å². The van der Waals surface area contributed by atoms with Crippen LogP contribution in [0, 0.1) is 12.8 Å². The third kappa shape index (κ3) is 2.60. The Hall–Kier alpha value is -2.21. The van der Waals surface area contributed by atoms with E-state index in [1.807, 2.05) is 23.3 Å². The van der Waals surface area contributed by atoms with Crippen LogP contribution in [0.4, 0.5) is 0 Å². The number of carbonyl (C=O) groups is 2. The molecule has 1 aliphatic heterocycles. The summed E-state index contributed by atoms with van der Waals surface area (Å²) in [6.07, 6.45) is 5.06. The van der Waals surface area contributed by atoms with Gasteiger partial charge in [-0.25, -0.2) is 0 Å². The first-order valence-corrected chi connectivity index (χ1v) is 9.07. The van der Waals surface area contributed by atoms with E-state index >= 15 is 0 Å². The van der Waals surface area contributed by atoms with Crippen LogP contribution in [0.3, 0.4) is 0 Å². The number of aromatic nitrogens is 1. The second-order valence-corrected chi connectivity index (χ2v) is 7.51. The van der Waals surface area contributed by atoms with E-state index in [4.69, 9.17) is 0 Å². The predicted octanol–water partition coefficient (Wildman–Crippen LogP) is 2.48.